The molecule has 1 nitrogen and oxygen atoms in total. The zero-order valence-electron chi connectivity index (χ0n) is 21.2. The van der Waals surface area contributed by atoms with E-state index >= 15 is 0 Å². The Morgan fingerprint density at radius 2 is 1.67 bits per heavy atom. The summed E-state index contributed by atoms with van der Waals surface area (Å²) in [5.41, 5.74) is 1.76. The van der Waals surface area contributed by atoms with Crippen LogP contribution >= 0.6 is 0 Å². The lowest BCUT2D eigenvalue weighted by atomic mass is 9.45. The quantitative estimate of drug-likeness (QED) is 0.428. The molecular formula is C29H50O. The van der Waals surface area contributed by atoms with Crippen LogP contribution in [0.1, 0.15) is 106 Å². The molecule has 30 heavy (non-hydrogen) atoms. The molecule has 5 rings (SSSR count). The summed E-state index contributed by atoms with van der Waals surface area (Å²) < 4.78 is 6.31. The van der Waals surface area contributed by atoms with E-state index in [0.29, 0.717) is 22.3 Å². The fourth-order valence-electron chi connectivity index (χ4n) is 10.6. The van der Waals surface area contributed by atoms with E-state index in [2.05, 4.69) is 41.5 Å². The highest BCUT2D eigenvalue weighted by Crippen LogP contribution is 2.82. The normalized spacial score (nSPS) is 53.6. The first-order chi connectivity index (χ1) is 14.2. The molecule has 0 saturated heterocycles. The molecule has 0 radical (unpaired) electrons. The van der Waals surface area contributed by atoms with E-state index < -0.39 is 0 Å². The molecule has 0 bridgehead atoms. The Morgan fingerprint density at radius 1 is 0.900 bits per heavy atom. The van der Waals surface area contributed by atoms with Gasteiger partial charge in [-0.05, 0) is 110 Å². The van der Waals surface area contributed by atoms with E-state index in [1.807, 2.05) is 7.11 Å². The first-order valence-electron chi connectivity index (χ1n) is 13.7. The van der Waals surface area contributed by atoms with Crippen molar-refractivity contribution in [1.29, 1.82) is 0 Å². The van der Waals surface area contributed by atoms with Crippen molar-refractivity contribution in [1.82, 2.24) is 0 Å². The van der Waals surface area contributed by atoms with Gasteiger partial charge in [-0.2, -0.15) is 0 Å². The number of ether oxygens (including phenoxy) is 1. The highest BCUT2D eigenvalue weighted by Gasteiger charge is 2.77. The maximum absolute atomic E-state index is 6.31. The van der Waals surface area contributed by atoms with E-state index in [4.69, 9.17) is 4.74 Å². The second kappa shape index (κ2) is 7.23. The lowest BCUT2D eigenvalue weighted by molar-refractivity contribution is -0.161. The molecular weight excluding hydrogens is 364 g/mol. The van der Waals surface area contributed by atoms with Gasteiger partial charge in [-0.1, -0.05) is 54.4 Å². The molecule has 0 aromatic carbocycles. The monoisotopic (exact) mass is 414 g/mol. The summed E-state index contributed by atoms with van der Waals surface area (Å²) in [6.07, 6.45) is 15.3. The standard InChI is InChI=1S/C29H50O/c1-18(2)19(3)8-9-20(4)23-10-11-24-22-16-26(30-7)29-17-21(29)12-15-28(29,6)25(22)13-14-27(23,24)5/h18-26H,8-17H2,1-7H3/t19-,20?,21?,22?,23?,24?,25?,26?,27?,28?,29?/m0/s1. The molecule has 5 aliphatic rings. The van der Waals surface area contributed by atoms with Crippen LogP contribution in [-0.2, 0) is 4.74 Å². The Morgan fingerprint density at radius 3 is 2.33 bits per heavy atom. The minimum Gasteiger partial charge on any atom is -0.381 e. The van der Waals surface area contributed by atoms with Crippen molar-refractivity contribution in [2.24, 2.45) is 63.6 Å². The first kappa shape index (κ1) is 21.8. The summed E-state index contributed by atoms with van der Waals surface area (Å²) in [7, 11) is 2.03. The Bertz CT molecular complexity index is 655. The summed E-state index contributed by atoms with van der Waals surface area (Å²) in [6.45, 7) is 15.3. The van der Waals surface area contributed by atoms with E-state index in [1.54, 1.807) is 0 Å². The molecule has 11 atom stereocenters. The molecule has 172 valence electrons. The SMILES string of the molecule is COC1CC2C3CCC(C(C)CC[C@H](C)C(C)C)C3(C)CCC2C2(C)CCC3CC312. The maximum atomic E-state index is 6.31. The zero-order valence-corrected chi connectivity index (χ0v) is 21.2. The minimum atomic E-state index is 0.557. The van der Waals surface area contributed by atoms with Crippen LogP contribution in [0.25, 0.3) is 0 Å². The van der Waals surface area contributed by atoms with Crippen LogP contribution in [0.15, 0.2) is 0 Å². The third kappa shape index (κ3) is 2.75. The second-order valence-electron chi connectivity index (χ2n) is 13.7. The van der Waals surface area contributed by atoms with Crippen LogP contribution in [0.3, 0.4) is 0 Å². The number of rotatable bonds is 6. The Hall–Kier alpha value is -0.0400. The average Bonchev–Trinajstić information content (AvgIpc) is 3.22. The van der Waals surface area contributed by atoms with Gasteiger partial charge in [0.25, 0.3) is 0 Å². The topological polar surface area (TPSA) is 9.23 Å². The first-order valence-corrected chi connectivity index (χ1v) is 13.7. The van der Waals surface area contributed by atoms with E-state index in [1.165, 1.54) is 64.2 Å². The van der Waals surface area contributed by atoms with Crippen molar-refractivity contribution in [2.75, 3.05) is 7.11 Å². The van der Waals surface area contributed by atoms with Gasteiger partial charge in [0.1, 0.15) is 0 Å². The fraction of sp³-hybridized carbons (Fsp3) is 1.00. The van der Waals surface area contributed by atoms with Gasteiger partial charge in [-0.15, -0.1) is 0 Å². The Labute approximate surface area is 187 Å². The van der Waals surface area contributed by atoms with Crippen LogP contribution in [0.2, 0.25) is 0 Å². The summed E-state index contributed by atoms with van der Waals surface area (Å²) in [6, 6.07) is 0. The highest BCUT2D eigenvalue weighted by molar-refractivity contribution is 5.26. The van der Waals surface area contributed by atoms with E-state index in [0.717, 1.165) is 47.3 Å². The third-order valence-corrected chi connectivity index (χ3v) is 12.8. The van der Waals surface area contributed by atoms with Gasteiger partial charge in [0.15, 0.2) is 0 Å². The zero-order chi connectivity index (χ0) is 21.5. The number of fused-ring (bicyclic) bond motifs is 4. The molecule has 10 unspecified atom stereocenters. The summed E-state index contributed by atoms with van der Waals surface area (Å²) in [4.78, 5) is 0. The van der Waals surface area contributed by atoms with Gasteiger partial charge in [0.05, 0.1) is 6.10 Å². The molecule has 5 fully saturated rings. The van der Waals surface area contributed by atoms with Crippen molar-refractivity contribution in [2.45, 2.75) is 112 Å². The second-order valence-corrected chi connectivity index (χ2v) is 13.7. The van der Waals surface area contributed by atoms with Gasteiger partial charge >= 0.3 is 0 Å². The summed E-state index contributed by atoms with van der Waals surface area (Å²) in [5, 5.41) is 0. The van der Waals surface area contributed by atoms with Crippen LogP contribution in [-0.4, -0.2) is 13.2 Å². The van der Waals surface area contributed by atoms with Crippen LogP contribution < -0.4 is 0 Å². The molecule has 0 heterocycles. The predicted octanol–water partition coefficient (Wildman–Crippen LogP) is 7.98. The lowest BCUT2D eigenvalue weighted by Gasteiger charge is -2.61. The fourth-order valence-corrected chi connectivity index (χ4v) is 10.6. The van der Waals surface area contributed by atoms with Crippen molar-refractivity contribution < 1.29 is 4.74 Å². The molecule has 1 heteroatoms. The number of methoxy groups -OCH3 is 1. The molecule has 0 aliphatic heterocycles. The van der Waals surface area contributed by atoms with Gasteiger partial charge in [0, 0.05) is 12.5 Å². The molecule has 0 amide bonds. The van der Waals surface area contributed by atoms with Crippen molar-refractivity contribution in [3.8, 4) is 0 Å². The van der Waals surface area contributed by atoms with Crippen LogP contribution in [0.4, 0.5) is 0 Å². The highest BCUT2D eigenvalue weighted by atomic mass is 16.5. The van der Waals surface area contributed by atoms with E-state index in [9.17, 15) is 0 Å². The molecule has 1 spiro atoms. The van der Waals surface area contributed by atoms with Gasteiger partial charge in [0.2, 0.25) is 0 Å². The smallest absolute Gasteiger partial charge is 0.0638 e. The molecule has 0 aromatic heterocycles. The van der Waals surface area contributed by atoms with Gasteiger partial charge in [-0.25, -0.2) is 0 Å². The van der Waals surface area contributed by atoms with Crippen LogP contribution in [0, 0.1) is 63.6 Å². The average molecular weight is 415 g/mol. The summed E-state index contributed by atoms with van der Waals surface area (Å²) >= 11 is 0. The number of hydrogen-bond donors (Lipinski definition) is 0. The van der Waals surface area contributed by atoms with Gasteiger partial charge in [-0.3, -0.25) is 0 Å². The molecule has 5 aliphatic carbocycles. The molecule has 5 saturated carbocycles. The Balaban J connectivity index is 1.35. The van der Waals surface area contributed by atoms with Crippen molar-refractivity contribution in [3.05, 3.63) is 0 Å². The molecule has 0 aromatic rings. The maximum Gasteiger partial charge on any atom is 0.0638 e. The predicted molar refractivity (Wildman–Crippen MR) is 126 cm³/mol. The van der Waals surface area contributed by atoms with Crippen LogP contribution in [0.5, 0.6) is 0 Å². The summed E-state index contributed by atoms with van der Waals surface area (Å²) in [5.74, 6) is 7.47. The van der Waals surface area contributed by atoms with Gasteiger partial charge < -0.3 is 4.74 Å². The van der Waals surface area contributed by atoms with E-state index in [-0.39, 0.29) is 0 Å². The minimum absolute atomic E-state index is 0.557. The van der Waals surface area contributed by atoms with Crippen molar-refractivity contribution in [3.63, 3.8) is 0 Å². The number of hydrogen-bond acceptors (Lipinski definition) is 1. The largest absolute Gasteiger partial charge is 0.381 e. The Kier molecular flexibility index (Phi) is 5.25. The molecule has 0 N–H and O–H groups in total. The third-order valence-electron chi connectivity index (χ3n) is 12.8. The lowest BCUT2D eigenvalue weighted by Crippen LogP contribution is -2.57. The van der Waals surface area contributed by atoms with Crippen molar-refractivity contribution >= 4 is 0 Å².